The van der Waals surface area contributed by atoms with Crippen molar-refractivity contribution in [1.29, 1.82) is 0 Å². The average molecular weight is 438 g/mol. The topological polar surface area (TPSA) is 71.1 Å². The quantitative estimate of drug-likeness (QED) is 0.757. The van der Waals surface area contributed by atoms with E-state index in [9.17, 15) is 9.59 Å². The first-order valence-electron chi connectivity index (χ1n) is 11.2. The maximum atomic E-state index is 13.6. The van der Waals surface area contributed by atoms with Crippen LogP contribution in [0.3, 0.4) is 0 Å². The SMILES string of the molecule is COc1ccc(OC)c([C@H]2CCCN2C(=O)[C@H]2CCCN(C(=O)Nc3ccccc3)C2)c1. The van der Waals surface area contributed by atoms with Crippen molar-refractivity contribution in [2.75, 3.05) is 39.2 Å². The maximum absolute atomic E-state index is 13.6. The van der Waals surface area contributed by atoms with Gasteiger partial charge in [-0.1, -0.05) is 18.2 Å². The molecule has 4 rings (SSSR count). The van der Waals surface area contributed by atoms with Gasteiger partial charge in [-0.3, -0.25) is 4.79 Å². The summed E-state index contributed by atoms with van der Waals surface area (Å²) in [6.07, 6.45) is 3.45. The van der Waals surface area contributed by atoms with E-state index in [4.69, 9.17) is 9.47 Å². The van der Waals surface area contributed by atoms with Crippen LogP contribution in [0.4, 0.5) is 10.5 Å². The van der Waals surface area contributed by atoms with Crippen molar-refractivity contribution in [3.05, 3.63) is 54.1 Å². The Kier molecular flexibility index (Phi) is 6.83. The number of para-hydroxylation sites is 1. The molecule has 2 heterocycles. The molecule has 0 saturated carbocycles. The van der Waals surface area contributed by atoms with Crippen LogP contribution in [0.5, 0.6) is 11.5 Å². The van der Waals surface area contributed by atoms with Crippen molar-refractivity contribution >= 4 is 17.6 Å². The summed E-state index contributed by atoms with van der Waals surface area (Å²) in [5.74, 6) is 1.45. The molecule has 7 heteroatoms. The van der Waals surface area contributed by atoms with Gasteiger partial charge < -0.3 is 24.6 Å². The summed E-state index contributed by atoms with van der Waals surface area (Å²) in [7, 11) is 3.29. The summed E-state index contributed by atoms with van der Waals surface area (Å²) < 4.78 is 11.0. The predicted molar refractivity (Wildman–Crippen MR) is 123 cm³/mol. The molecule has 0 aromatic heterocycles. The van der Waals surface area contributed by atoms with E-state index in [2.05, 4.69) is 5.32 Å². The van der Waals surface area contributed by atoms with Crippen molar-refractivity contribution in [3.8, 4) is 11.5 Å². The molecule has 2 aromatic rings. The van der Waals surface area contributed by atoms with Gasteiger partial charge in [-0.05, 0) is 56.0 Å². The summed E-state index contributed by atoms with van der Waals surface area (Å²) in [6.45, 7) is 1.82. The van der Waals surface area contributed by atoms with Gasteiger partial charge >= 0.3 is 6.03 Å². The number of methoxy groups -OCH3 is 2. The zero-order valence-electron chi connectivity index (χ0n) is 18.8. The van der Waals surface area contributed by atoms with Gasteiger partial charge in [0.05, 0.1) is 26.2 Å². The molecule has 2 aromatic carbocycles. The Morgan fingerprint density at radius 1 is 0.969 bits per heavy atom. The van der Waals surface area contributed by atoms with Gasteiger partial charge in [0.1, 0.15) is 11.5 Å². The van der Waals surface area contributed by atoms with Gasteiger partial charge in [0, 0.05) is 30.9 Å². The van der Waals surface area contributed by atoms with E-state index in [1.165, 1.54) is 0 Å². The van der Waals surface area contributed by atoms with E-state index in [0.717, 1.165) is 55.0 Å². The molecule has 0 unspecified atom stereocenters. The van der Waals surface area contributed by atoms with Crippen LogP contribution in [0.2, 0.25) is 0 Å². The molecule has 32 heavy (non-hydrogen) atoms. The van der Waals surface area contributed by atoms with E-state index in [1.54, 1.807) is 19.1 Å². The molecule has 170 valence electrons. The van der Waals surface area contributed by atoms with Gasteiger partial charge in [-0.15, -0.1) is 0 Å². The normalized spacial score (nSPS) is 20.7. The van der Waals surface area contributed by atoms with Crippen molar-refractivity contribution in [2.45, 2.75) is 31.7 Å². The highest BCUT2D eigenvalue weighted by Gasteiger charge is 2.37. The Morgan fingerprint density at radius 2 is 1.75 bits per heavy atom. The molecule has 1 N–H and O–H groups in total. The lowest BCUT2D eigenvalue weighted by Gasteiger charge is -2.36. The summed E-state index contributed by atoms with van der Waals surface area (Å²) in [5.41, 5.74) is 1.74. The minimum Gasteiger partial charge on any atom is -0.497 e. The predicted octanol–water partition coefficient (Wildman–Crippen LogP) is 4.31. The average Bonchev–Trinajstić information content (AvgIpc) is 3.33. The number of benzene rings is 2. The van der Waals surface area contributed by atoms with Crippen LogP contribution in [-0.4, -0.2) is 55.6 Å². The molecule has 2 fully saturated rings. The molecule has 3 amide bonds. The number of ether oxygens (including phenoxy) is 2. The molecule has 0 aliphatic carbocycles. The molecule has 7 nitrogen and oxygen atoms in total. The zero-order chi connectivity index (χ0) is 22.5. The molecule has 2 saturated heterocycles. The number of carbonyl (C=O) groups excluding carboxylic acids is 2. The number of likely N-dealkylation sites (tertiary alicyclic amines) is 2. The van der Waals surface area contributed by atoms with Crippen LogP contribution in [0.1, 0.15) is 37.3 Å². The third-order valence-electron chi connectivity index (χ3n) is 6.41. The number of amides is 3. The zero-order valence-corrected chi connectivity index (χ0v) is 18.8. The first-order chi connectivity index (χ1) is 15.6. The second-order valence-electron chi connectivity index (χ2n) is 8.38. The second-order valence-corrected chi connectivity index (χ2v) is 8.38. The van der Waals surface area contributed by atoms with Crippen LogP contribution in [0, 0.1) is 5.92 Å². The highest BCUT2D eigenvalue weighted by molar-refractivity contribution is 5.90. The Bertz CT molecular complexity index is 949. The number of urea groups is 1. The smallest absolute Gasteiger partial charge is 0.321 e. The van der Waals surface area contributed by atoms with Crippen molar-refractivity contribution in [3.63, 3.8) is 0 Å². The highest BCUT2D eigenvalue weighted by atomic mass is 16.5. The summed E-state index contributed by atoms with van der Waals surface area (Å²) in [5, 5.41) is 2.93. The molecule has 0 radical (unpaired) electrons. The van der Waals surface area contributed by atoms with Crippen LogP contribution >= 0.6 is 0 Å². The van der Waals surface area contributed by atoms with Gasteiger partial charge in [0.25, 0.3) is 0 Å². The van der Waals surface area contributed by atoms with E-state index in [1.807, 2.05) is 53.4 Å². The third kappa shape index (κ3) is 4.66. The monoisotopic (exact) mass is 437 g/mol. The second kappa shape index (κ2) is 9.94. The van der Waals surface area contributed by atoms with E-state index in [-0.39, 0.29) is 23.9 Å². The minimum atomic E-state index is -0.192. The summed E-state index contributed by atoms with van der Waals surface area (Å²) >= 11 is 0. The first kappa shape index (κ1) is 22.0. The summed E-state index contributed by atoms with van der Waals surface area (Å²) in [4.78, 5) is 30.0. The van der Waals surface area contributed by atoms with Crippen molar-refractivity contribution < 1.29 is 19.1 Å². The molecule has 2 atom stereocenters. The fourth-order valence-electron chi connectivity index (χ4n) is 4.78. The van der Waals surface area contributed by atoms with E-state index in [0.29, 0.717) is 13.1 Å². The lowest BCUT2D eigenvalue weighted by atomic mass is 9.95. The van der Waals surface area contributed by atoms with Crippen LogP contribution in [0.15, 0.2) is 48.5 Å². The Labute approximate surface area is 189 Å². The molecule has 2 aliphatic heterocycles. The minimum absolute atomic E-state index is 0.0407. The number of carbonyl (C=O) groups is 2. The number of piperidine rings is 1. The molecule has 0 spiro atoms. The number of nitrogens with zero attached hydrogens (tertiary/aromatic N) is 2. The van der Waals surface area contributed by atoms with Crippen molar-refractivity contribution in [2.24, 2.45) is 5.92 Å². The fourth-order valence-corrected chi connectivity index (χ4v) is 4.78. The van der Waals surface area contributed by atoms with Crippen LogP contribution in [0.25, 0.3) is 0 Å². The number of nitrogens with one attached hydrogen (secondary N) is 1. The number of hydrogen-bond acceptors (Lipinski definition) is 4. The van der Waals surface area contributed by atoms with Gasteiger partial charge in [-0.25, -0.2) is 4.79 Å². The largest absolute Gasteiger partial charge is 0.497 e. The number of rotatable bonds is 5. The molecular weight excluding hydrogens is 406 g/mol. The van der Waals surface area contributed by atoms with Gasteiger partial charge in [-0.2, -0.15) is 0 Å². The number of anilines is 1. The standard InChI is InChI=1S/C25H31N3O4/c1-31-20-12-13-23(32-2)21(16-20)22-11-7-15-28(22)24(29)18-8-6-14-27(17-18)25(30)26-19-9-4-3-5-10-19/h3-5,9-10,12-13,16,18,22H,6-8,11,14-15,17H2,1-2H3,(H,26,30)/t18-,22+/m0/s1. The Balaban J connectivity index is 1.47. The Hall–Kier alpha value is -3.22. The fraction of sp³-hybridized carbons (Fsp3) is 0.440. The number of hydrogen-bond donors (Lipinski definition) is 1. The first-order valence-corrected chi connectivity index (χ1v) is 11.2. The lowest BCUT2D eigenvalue weighted by Crippen LogP contribution is -2.47. The molecule has 2 aliphatic rings. The van der Waals surface area contributed by atoms with E-state index >= 15 is 0 Å². The summed E-state index contributed by atoms with van der Waals surface area (Å²) in [6, 6.07) is 14.9. The molecular formula is C25H31N3O4. The van der Waals surface area contributed by atoms with Crippen LogP contribution in [-0.2, 0) is 4.79 Å². The third-order valence-corrected chi connectivity index (χ3v) is 6.41. The van der Waals surface area contributed by atoms with Gasteiger partial charge in [0.2, 0.25) is 5.91 Å². The maximum Gasteiger partial charge on any atom is 0.321 e. The Morgan fingerprint density at radius 3 is 2.50 bits per heavy atom. The van der Waals surface area contributed by atoms with Crippen LogP contribution < -0.4 is 14.8 Å². The lowest BCUT2D eigenvalue weighted by molar-refractivity contribution is -0.137. The van der Waals surface area contributed by atoms with E-state index < -0.39 is 0 Å². The van der Waals surface area contributed by atoms with Gasteiger partial charge in [0.15, 0.2) is 0 Å². The molecule has 0 bridgehead atoms. The highest BCUT2D eigenvalue weighted by Crippen LogP contribution is 2.40. The van der Waals surface area contributed by atoms with Crippen molar-refractivity contribution in [1.82, 2.24) is 9.80 Å².